The van der Waals surface area contributed by atoms with Gasteiger partial charge in [-0.05, 0) is 87.1 Å². The van der Waals surface area contributed by atoms with Crippen molar-refractivity contribution in [3.8, 4) is 0 Å². The van der Waals surface area contributed by atoms with Crippen LogP contribution in [0.15, 0.2) is 84.9 Å². The lowest BCUT2D eigenvalue weighted by molar-refractivity contribution is 0.477. The summed E-state index contributed by atoms with van der Waals surface area (Å²) in [5, 5.41) is 0.701. The summed E-state index contributed by atoms with van der Waals surface area (Å²) >= 11 is 0. The molecule has 0 aliphatic rings. The summed E-state index contributed by atoms with van der Waals surface area (Å²) in [6.07, 6.45) is 0. The number of hydrogen-bond acceptors (Lipinski definition) is 2. The van der Waals surface area contributed by atoms with E-state index in [1.165, 1.54) is 33.4 Å². The standard InChI is InChI=1S/C33H35O2P/c1-22-18-24(3)30(25(4)19-22)32(31-26(5)20-23(2)21-27(31)6)33(28-14-10-8-11-15-28)35-36(7,34)29-16-12-9-13-17-29/h8-21H,1-7H3. The Hall–Kier alpha value is -3.35. The van der Waals surface area contributed by atoms with Gasteiger partial charge in [-0.15, -0.1) is 0 Å². The molecule has 0 aliphatic carbocycles. The molecule has 3 heteroatoms. The summed E-state index contributed by atoms with van der Waals surface area (Å²) in [4.78, 5) is 0. The maximum atomic E-state index is 14.2. The zero-order valence-electron chi connectivity index (χ0n) is 22.3. The van der Waals surface area contributed by atoms with E-state index in [-0.39, 0.29) is 0 Å². The lowest BCUT2D eigenvalue weighted by Gasteiger charge is -2.26. The van der Waals surface area contributed by atoms with Gasteiger partial charge < -0.3 is 4.52 Å². The van der Waals surface area contributed by atoms with Crippen LogP contribution in [0.25, 0.3) is 11.3 Å². The Bertz CT molecular complexity index is 1380. The molecule has 1 atom stereocenters. The molecular formula is C33H35O2P. The molecule has 184 valence electrons. The highest BCUT2D eigenvalue weighted by Crippen LogP contribution is 2.50. The minimum Gasteiger partial charge on any atom is -0.439 e. The summed E-state index contributed by atoms with van der Waals surface area (Å²) in [5.41, 5.74) is 11.3. The first-order valence-corrected chi connectivity index (χ1v) is 14.4. The molecule has 0 aliphatic heterocycles. The van der Waals surface area contributed by atoms with Gasteiger partial charge in [-0.25, -0.2) is 0 Å². The molecule has 4 rings (SSSR count). The van der Waals surface area contributed by atoms with Crippen molar-refractivity contribution in [1.82, 2.24) is 0 Å². The zero-order valence-corrected chi connectivity index (χ0v) is 23.2. The molecule has 1 unspecified atom stereocenters. The Morgan fingerprint density at radius 3 is 1.42 bits per heavy atom. The molecule has 2 nitrogen and oxygen atoms in total. The first-order valence-electron chi connectivity index (χ1n) is 12.4. The molecule has 0 N–H and O–H groups in total. The minimum atomic E-state index is -3.20. The van der Waals surface area contributed by atoms with E-state index in [4.69, 9.17) is 4.52 Å². The second-order valence-corrected chi connectivity index (χ2v) is 12.3. The molecule has 0 saturated heterocycles. The average Bonchev–Trinajstić information content (AvgIpc) is 2.81. The van der Waals surface area contributed by atoms with E-state index in [0.29, 0.717) is 11.1 Å². The van der Waals surface area contributed by atoms with E-state index in [1.54, 1.807) is 6.66 Å². The minimum absolute atomic E-state index is 0.649. The summed E-state index contributed by atoms with van der Waals surface area (Å²) in [5.74, 6) is 0.649. The predicted octanol–water partition coefficient (Wildman–Crippen LogP) is 8.70. The van der Waals surface area contributed by atoms with Crippen molar-refractivity contribution in [2.24, 2.45) is 0 Å². The van der Waals surface area contributed by atoms with Crippen molar-refractivity contribution in [3.05, 3.63) is 135 Å². The molecule has 0 saturated carbocycles. The first-order chi connectivity index (χ1) is 17.1. The van der Waals surface area contributed by atoms with Crippen LogP contribution < -0.4 is 5.30 Å². The van der Waals surface area contributed by atoms with Crippen LogP contribution in [0, 0.1) is 41.5 Å². The van der Waals surface area contributed by atoms with E-state index in [0.717, 1.165) is 22.3 Å². The smallest absolute Gasteiger partial charge is 0.274 e. The summed E-state index contributed by atoms with van der Waals surface area (Å²) in [6, 6.07) is 28.5. The molecule has 0 radical (unpaired) electrons. The highest BCUT2D eigenvalue weighted by atomic mass is 31.2. The Balaban J connectivity index is 2.15. The summed E-state index contributed by atoms with van der Waals surface area (Å²) < 4.78 is 20.9. The lowest BCUT2D eigenvalue weighted by Crippen LogP contribution is -2.09. The molecule has 0 fully saturated rings. The van der Waals surface area contributed by atoms with Gasteiger partial charge >= 0.3 is 0 Å². The van der Waals surface area contributed by atoms with E-state index >= 15 is 0 Å². The van der Waals surface area contributed by atoms with E-state index < -0.39 is 7.37 Å². The third-order valence-electron chi connectivity index (χ3n) is 6.61. The molecule has 0 spiro atoms. The number of aryl methyl sites for hydroxylation is 6. The number of benzene rings is 4. The topological polar surface area (TPSA) is 26.3 Å². The fraction of sp³-hybridized carbons (Fsp3) is 0.212. The maximum Gasteiger partial charge on any atom is 0.274 e. The Morgan fingerprint density at radius 1 is 0.611 bits per heavy atom. The van der Waals surface area contributed by atoms with Crippen molar-refractivity contribution in [2.75, 3.05) is 6.66 Å². The van der Waals surface area contributed by atoms with Gasteiger partial charge in [0, 0.05) is 23.1 Å². The van der Waals surface area contributed by atoms with Gasteiger partial charge in [-0.1, -0.05) is 83.9 Å². The molecule has 36 heavy (non-hydrogen) atoms. The van der Waals surface area contributed by atoms with Gasteiger partial charge in [0.15, 0.2) is 0 Å². The fourth-order valence-electron chi connectivity index (χ4n) is 5.26. The normalized spacial score (nSPS) is 12.6. The van der Waals surface area contributed by atoms with Crippen LogP contribution in [0.1, 0.15) is 50.1 Å². The molecule has 0 heterocycles. The monoisotopic (exact) mass is 494 g/mol. The Morgan fingerprint density at radius 2 is 1.00 bits per heavy atom. The van der Waals surface area contributed by atoms with Crippen LogP contribution in [-0.2, 0) is 9.09 Å². The van der Waals surface area contributed by atoms with Gasteiger partial charge in [-0.2, -0.15) is 0 Å². The van der Waals surface area contributed by atoms with Gasteiger partial charge in [0.25, 0.3) is 7.37 Å². The van der Waals surface area contributed by atoms with Crippen molar-refractivity contribution < 1.29 is 9.09 Å². The molecule has 4 aromatic carbocycles. The van der Waals surface area contributed by atoms with Crippen molar-refractivity contribution in [3.63, 3.8) is 0 Å². The second kappa shape index (κ2) is 10.3. The van der Waals surface area contributed by atoms with Crippen LogP contribution >= 0.6 is 7.37 Å². The highest BCUT2D eigenvalue weighted by Gasteiger charge is 2.28. The Labute approximate surface area is 216 Å². The third kappa shape index (κ3) is 5.25. The van der Waals surface area contributed by atoms with Gasteiger partial charge in [0.05, 0.1) is 0 Å². The molecule has 0 bridgehead atoms. The highest BCUT2D eigenvalue weighted by molar-refractivity contribution is 7.66. The van der Waals surface area contributed by atoms with Crippen molar-refractivity contribution >= 4 is 24.0 Å². The van der Waals surface area contributed by atoms with Crippen LogP contribution in [0.4, 0.5) is 0 Å². The number of rotatable bonds is 6. The van der Waals surface area contributed by atoms with E-state index in [9.17, 15) is 4.57 Å². The molecule has 0 amide bonds. The lowest BCUT2D eigenvalue weighted by atomic mass is 9.83. The van der Waals surface area contributed by atoms with Gasteiger partial charge in [-0.3, -0.25) is 4.57 Å². The van der Waals surface area contributed by atoms with Gasteiger partial charge in [0.2, 0.25) is 0 Å². The quantitative estimate of drug-likeness (QED) is 0.152. The van der Waals surface area contributed by atoms with Crippen LogP contribution in [-0.4, -0.2) is 6.66 Å². The molecule has 0 aromatic heterocycles. The SMILES string of the molecule is Cc1cc(C)c(C(=C(OP(C)(=O)c2ccccc2)c2ccccc2)c2c(C)cc(C)cc2C)c(C)c1. The molecular weight excluding hydrogens is 459 g/mol. The summed E-state index contributed by atoms with van der Waals surface area (Å²) in [7, 11) is -3.20. The van der Waals surface area contributed by atoms with Crippen LogP contribution in [0.2, 0.25) is 0 Å². The van der Waals surface area contributed by atoms with Crippen LogP contribution in [0.5, 0.6) is 0 Å². The van der Waals surface area contributed by atoms with E-state index in [2.05, 4.69) is 65.8 Å². The summed E-state index contributed by atoms with van der Waals surface area (Å²) in [6.45, 7) is 14.6. The largest absolute Gasteiger partial charge is 0.439 e. The van der Waals surface area contributed by atoms with E-state index in [1.807, 2.05) is 60.7 Å². The average molecular weight is 495 g/mol. The first kappa shape index (κ1) is 25.7. The third-order valence-corrected chi connectivity index (χ3v) is 8.37. The van der Waals surface area contributed by atoms with Crippen LogP contribution in [0.3, 0.4) is 0 Å². The Kier molecular flexibility index (Phi) is 7.38. The zero-order chi connectivity index (χ0) is 26.0. The maximum absolute atomic E-state index is 14.2. The molecule has 4 aromatic rings. The van der Waals surface area contributed by atoms with Crippen molar-refractivity contribution in [2.45, 2.75) is 41.5 Å². The van der Waals surface area contributed by atoms with Crippen molar-refractivity contribution in [1.29, 1.82) is 0 Å². The fourth-order valence-corrected chi connectivity index (χ4v) is 6.62. The predicted molar refractivity (Wildman–Crippen MR) is 154 cm³/mol. The second-order valence-electron chi connectivity index (χ2n) is 9.89. The number of hydrogen-bond donors (Lipinski definition) is 0. The van der Waals surface area contributed by atoms with Gasteiger partial charge in [0.1, 0.15) is 5.76 Å².